The zero-order chi connectivity index (χ0) is 8.55. The summed E-state index contributed by atoms with van der Waals surface area (Å²) in [6, 6.07) is 0. The van der Waals surface area contributed by atoms with E-state index in [1.807, 2.05) is 0 Å². The minimum Gasteiger partial charge on any atom is -0.0764 e. The molecule has 0 radical (unpaired) electrons. The molecule has 0 aliphatic heterocycles. The molecule has 2 rings (SSSR count). The predicted octanol–water partition coefficient (Wildman–Crippen LogP) is 3.25. The number of hydrogen-bond acceptors (Lipinski definition) is 0. The van der Waals surface area contributed by atoms with Gasteiger partial charge in [0, 0.05) is 11.8 Å². The highest BCUT2D eigenvalue weighted by molar-refractivity contribution is 5.35. The van der Waals surface area contributed by atoms with Crippen LogP contribution in [0.1, 0.15) is 13.8 Å². The Bertz CT molecular complexity index is 268. The van der Waals surface area contributed by atoms with Gasteiger partial charge in [-0.15, -0.1) is 0 Å². The van der Waals surface area contributed by atoms with Crippen molar-refractivity contribution in [1.29, 1.82) is 0 Å². The smallest absolute Gasteiger partial charge is 0.00534 e. The first-order valence-corrected chi connectivity index (χ1v) is 4.49. The van der Waals surface area contributed by atoms with E-state index in [2.05, 4.69) is 50.3 Å². The molecule has 0 aromatic rings. The highest BCUT2D eigenvalue weighted by atomic mass is 14.2. The lowest BCUT2D eigenvalue weighted by Crippen LogP contribution is -2.12. The van der Waals surface area contributed by atoms with E-state index >= 15 is 0 Å². The van der Waals surface area contributed by atoms with Crippen molar-refractivity contribution in [2.24, 2.45) is 11.8 Å². The molecule has 0 N–H and O–H groups in total. The number of allylic oxidation sites excluding steroid dienone is 8. The lowest BCUT2D eigenvalue weighted by Gasteiger charge is -2.23. The van der Waals surface area contributed by atoms with Gasteiger partial charge in [-0.3, -0.25) is 0 Å². The Hall–Kier alpha value is -1.04. The molecule has 0 heterocycles. The maximum absolute atomic E-state index is 2.34. The van der Waals surface area contributed by atoms with E-state index in [0.717, 1.165) is 0 Å². The van der Waals surface area contributed by atoms with Gasteiger partial charge in [-0.05, 0) is 13.8 Å². The third-order valence-electron chi connectivity index (χ3n) is 2.52. The average molecular weight is 158 g/mol. The van der Waals surface area contributed by atoms with Crippen molar-refractivity contribution in [2.45, 2.75) is 13.8 Å². The Morgan fingerprint density at radius 1 is 0.833 bits per heavy atom. The summed E-state index contributed by atoms with van der Waals surface area (Å²) >= 11 is 0. The molecule has 62 valence electrons. The van der Waals surface area contributed by atoms with Gasteiger partial charge in [0.05, 0.1) is 0 Å². The first-order valence-electron chi connectivity index (χ1n) is 4.49. The number of hydrogen-bond donors (Lipinski definition) is 0. The SMILES string of the molecule is CC1=CC2C=CC(C)=CC2C=C1. The van der Waals surface area contributed by atoms with E-state index in [1.165, 1.54) is 11.1 Å². The fraction of sp³-hybridized carbons (Fsp3) is 0.333. The van der Waals surface area contributed by atoms with Gasteiger partial charge >= 0.3 is 0 Å². The molecule has 0 fully saturated rings. The van der Waals surface area contributed by atoms with Crippen molar-refractivity contribution in [2.75, 3.05) is 0 Å². The van der Waals surface area contributed by atoms with Gasteiger partial charge in [-0.25, -0.2) is 0 Å². The summed E-state index contributed by atoms with van der Waals surface area (Å²) in [4.78, 5) is 0. The van der Waals surface area contributed by atoms with Crippen LogP contribution >= 0.6 is 0 Å². The second kappa shape index (κ2) is 2.78. The van der Waals surface area contributed by atoms with Crippen molar-refractivity contribution in [3.63, 3.8) is 0 Å². The van der Waals surface area contributed by atoms with Crippen LogP contribution in [-0.2, 0) is 0 Å². The highest BCUT2D eigenvalue weighted by Crippen LogP contribution is 2.29. The van der Waals surface area contributed by atoms with Crippen LogP contribution in [0.5, 0.6) is 0 Å². The average Bonchev–Trinajstić information content (AvgIpc) is 2.05. The van der Waals surface area contributed by atoms with Crippen molar-refractivity contribution < 1.29 is 0 Å². The maximum atomic E-state index is 2.34. The molecule has 0 heteroatoms. The lowest BCUT2D eigenvalue weighted by atomic mass is 9.82. The molecule has 2 aliphatic rings. The third-order valence-corrected chi connectivity index (χ3v) is 2.52. The predicted molar refractivity (Wildman–Crippen MR) is 52.8 cm³/mol. The lowest BCUT2D eigenvalue weighted by molar-refractivity contribution is 0.649. The van der Waals surface area contributed by atoms with E-state index in [0.29, 0.717) is 11.8 Å². The van der Waals surface area contributed by atoms with Crippen LogP contribution in [0.2, 0.25) is 0 Å². The van der Waals surface area contributed by atoms with Crippen LogP contribution in [0.4, 0.5) is 0 Å². The number of rotatable bonds is 0. The van der Waals surface area contributed by atoms with Crippen LogP contribution in [0.25, 0.3) is 0 Å². The van der Waals surface area contributed by atoms with E-state index in [-0.39, 0.29) is 0 Å². The molecule has 12 heavy (non-hydrogen) atoms. The Kier molecular flexibility index (Phi) is 1.76. The monoisotopic (exact) mass is 158 g/mol. The quantitative estimate of drug-likeness (QED) is 0.507. The largest absolute Gasteiger partial charge is 0.0764 e. The second-order valence-corrected chi connectivity index (χ2v) is 3.69. The molecule has 0 saturated heterocycles. The summed E-state index contributed by atoms with van der Waals surface area (Å²) in [6.07, 6.45) is 13.7. The van der Waals surface area contributed by atoms with Gasteiger partial charge in [0.15, 0.2) is 0 Å². The van der Waals surface area contributed by atoms with E-state index in [9.17, 15) is 0 Å². The van der Waals surface area contributed by atoms with Gasteiger partial charge in [-0.1, -0.05) is 47.6 Å². The normalized spacial score (nSPS) is 32.5. The molecule has 0 nitrogen and oxygen atoms in total. The van der Waals surface area contributed by atoms with E-state index in [1.54, 1.807) is 0 Å². The molecule has 0 amide bonds. The van der Waals surface area contributed by atoms with Crippen LogP contribution < -0.4 is 0 Å². The minimum absolute atomic E-state index is 0.610. The van der Waals surface area contributed by atoms with Crippen LogP contribution in [0.3, 0.4) is 0 Å². The van der Waals surface area contributed by atoms with Gasteiger partial charge in [-0.2, -0.15) is 0 Å². The van der Waals surface area contributed by atoms with Crippen molar-refractivity contribution in [1.82, 2.24) is 0 Å². The molecule has 2 unspecified atom stereocenters. The molecular formula is C12H14. The Morgan fingerprint density at radius 3 is 1.67 bits per heavy atom. The van der Waals surface area contributed by atoms with Crippen LogP contribution in [0, 0.1) is 11.8 Å². The van der Waals surface area contributed by atoms with E-state index in [4.69, 9.17) is 0 Å². The summed E-state index contributed by atoms with van der Waals surface area (Å²) in [5.41, 5.74) is 2.77. The summed E-state index contributed by atoms with van der Waals surface area (Å²) in [5.74, 6) is 1.22. The van der Waals surface area contributed by atoms with Crippen LogP contribution in [-0.4, -0.2) is 0 Å². The number of fused-ring (bicyclic) bond motifs is 1. The zero-order valence-electron chi connectivity index (χ0n) is 7.62. The fourth-order valence-electron chi connectivity index (χ4n) is 1.83. The van der Waals surface area contributed by atoms with Gasteiger partial charge in [0.1, 0.15) is 0 Å². The van der Waals surface area contributed by atoms with Crippen molar-refractivity contribution >= 4 is 0 Å². The fourth-order valence-corrected chi connectivity index (χ4v) is 1.83. The minimum atomic E-state index is 0.610. The second-order valence-electron chi connectivity index (χ2n) is 3.69. The molecule has 2 atom stereocenters. The highest BCUT2D eigenvalue weighted by Gasteiger charge is 2.17. The summed E-state index contributed by atoms with van der Waals surface area (Å²) in [6.45, 7) is 4.32. The standard InChI is InChI=1S/C12H14/c1-9-3-5-12-8-10(2)4-6-11(12)7-9/h3-8,11-12H,1-2H3. The van der Waals surface area contributed by atoms with Crippen LogP contribution in [0.15, 0.2) is 47.6 Å². The maximum Gasteiger partial charge on any atom is 0.00534 e. The molecule has 0 saturated carbocycles. The Balaban J connectivity index is 2.29. The summed E-state index contributed by atoms with van der Waals surface area (Å²) < 4.78 is 0. The molecule has 0 bridgehead atoms. The third kappa shape index (κ3) is 1.29. The van der Waals surface area contributed by atoms with Gasteiger partial charge < -0.3 is 0 Å². The molecular weight excluding hydrogens is 144 g/mol. The van der Waals surface area contributed by atoms with Crippen molar-refractivity contribution in [3.8, 4) is 0 Å². The Morgan fingerprint density at radius 2 is 1.25 bits per heavy atom. The topological polar surface area (TPSA) is 0 Å². The summed E-state index contributed by atoms with van der Waals surface area (Å²) in [7, 11) is 0. The van der Waals surface area contributed by atoms with Crippen molar-refractivity contribution in [3.05, 3.63) is 47.6 Å². The molecule has 2 aliphatic carbocycles. The summed E-state index contributed by atoms with van der Waals surface area (Å²) in [5, 5.41) is 0. The first kappa shape index (κ1) is 7.60. The molecule has 0 aromatic heterocycles. The zero-order valence-corrected chi connectivity index (χ0v) is 7.62. The van der Waals surface area contributed by atoms with Gasteiger partial charge in [0.2, 0.25) is 0 Å². The van der Waals surface area contributed by atoms with E-state index < -0.39 is 0 Å². The first-order chi connectivity index (χ1) is 5.75. The Labute approximate surface area is 74.0 Å². The molecule has 0 spiro atoms. The van der Waals surface area contributed by atoms with Gasteiger partial charge in [0.25, 0.3) is 0 Å². The molecule has 0 aromatic carbocycles.